The van der Waals surface area contributed by atoms with Crippen LogP contribution in [0, 0.1) is 6.92 Å². The predicted molar refractivity (Wildman–Crippen MR) is 108 cm³/mol. The van der Waals surface area contributed by atoms with Gasteiger partial charge in [-0.3, -0.25) is 4.79 Å². The fourth-order valence-corrected chi connectivity index (χ4v) is 2.30. The molecule has 8 heteroatoms. The standard InChI is InChI=1S/C21H26N2O6/c1-4-6-11-27-17-9-7-16(13-18(17)26-5-2)8-10-21(25)28-14-20(24)22-19-12-15(3)29-23-19/h7-10,12-13H,4-6,11,14H2,1-3H3,(H,22,23,24)/b10-8+. The summed E-state index contributed by atoms with van der Waals surface area (Å²) in [7, 11) is 0. The molecule has 0 unspecified atom stereocenters. The van der Waals surface area contributed by atoms with Crippen molar-refractivity contribution in [1.29, 1.82) is 0 Å². The summed E-state index contributed by atoms with van der Waals surface area (Å²) < 4.78 is 21.1. The molecule has 0 aliphatic rings. The largest absolute Gasteiger partial charge is 0.490 e. The minimum atomic E-state index is -0.641. The van der Waals surface area contributed by atoms with E-state index in [1.807, 2.05) is 13.0 Å². The average Bonchev–Trinajstić information content (AvgIpc) is 3.11. The van der Waals surface area contributed by atoms with Gasteiger partial charge in [0.1, 0.15) is 5.76 Å². The number of aryl methyl sites for hydroxylation is 1. The minimum absolute atomic E-state index is 0.267. The van der Waals surface area contributed by atoms with Crippen molar-refractivity contribution in [3.63, 3.8) is 0 Å². The van der Waals surface area contributed by atoms with Crippen LogP contribution in [0.5, 0.6) is 11.5 Å². The van der Waals surface area contributed by atoms with E-state index in [-0.39, 0.29) is 5.82 Å². The van der Waals surface area contributed by atoms with Gasteiger partial charge in [-0.15, -0.1) is 0 Å². The van der Waals surface area contributed by atoms with E-state index in [1.165, 1.54) is 6.08 Å². The van der Waals surface area contributed by atoms with Gasteiger partial charge in [0.2, 0.25) is 0 Å². The third-order valence-corrected chi connectivity index (χ3v) is 3.68. The van der Waals surface area contributed by atoms with Crippen LogP contribution < -0.4 is 14.8 Å². The summed E-state index contributed by atoms with van der Waals surface area (Å²) in [6, 6.07) is 6.96. The van der Waals surface area contributed by atoms with E-state index in [2.05, 4.69) is 17.4 Å². The monoisotopic (exact) mass is 402 g/mol. The van der Waals surface area contributed by atoms with E-state index in [0.29, 0.717) is 30.5 Å². The van der Waals surface area contributed by atoms with Crippen LogP contribution in [0.2, 0.25) is 0 Å². The highest BCUT2D eigenvalue weighted by Gasteiger charge is 2.09. The van der Waals surface area contributed by atoms with E-state index in [9.17, 15) is 9.59 Å². The first-order valence-electron chi connectivity index (χ1n) is 9.49. The third-order valence-electron chi connectivity index (χ3n) is 3.68. The second-order valence-corrected chi connectivity index (χ2v) is 6.15. The van der Waals surface area contributed by atoms with Gasteiger partial charge in [0.25, 0.3) is 5.91 Å². The van der Waals surface area contributed by atoms with Crippen LogP contribution >= 0.6 is 0 Å². The Morgan fingerprint density at radius 2 is 2.00 bits per heavy atom. The highest BCUT2D eigenvalue weighted by Crippen LogP contribution is 2.29. The zero-order valence-electron chi connectivity index (χ0n) is 16.9. The summed E-state index contributed by atoms with van der Waals surface area (Å²) in [5.74, 6) is 0.961. The summed E-state index contributed by atoms with van der Waals surface area (Å²) in [4.78, 5) is 23.6. The number of nitrogens with zero attached hydrogens (tertiary/aromatic N) is 1. The lowest BCUT2D eigenvalue weighted by atomic mass is 10.2. The van der Waals surface area contributed by atoms with Gasteiger partial charge in [-0.2, -0.15) is 0 Å². The fraction of sp³-hybridized carbons (Fsp3) is 0.381. The lowest BCUT2D eigenvalue weighted by molar-refractivity contribution is -0.142. The van der Waals surface area contributed by atoms with E-state index >= 15 is 0 Å². The Morgan fingerprint density at radius 3 is 2.69 bits per heavy atom. The number of nitrogens with one attached hydrogen (secondary N) is 1. The number of carbonyl (C=O) groups is 2. The molecule has 0 radical (unpaired) electrons. The van der Waals surface area contributed by atoms with E-state index < -0.39 is 18.5 Å². The van der Waals surface area contributed by atoms with Crippen LogP contribution in [0.25, 0.3) is 6.08 Å². The fourth-order valence-electron chi connectivity index (χ4n) is 2.30. The maximum Gasteiger partial charge on any atom is 0.331 e. The van der Waals surface area contributed by atoms with Crippen molar-refractivity contribution in [2.45, 2.75) is 33.6 Å². The molecular formula is C21H26N2O6. The average molecular weight is 402 g/mol. The Balaban J connectivity index is 1.87. The van der Waals surface area contributed by atoms with E-state index in [1.54, 1.807) is 31.2 Å². The number of carbonyl (C=O) groups excluding carboxylic acids is 2. The van der Waals surface area contributed by atoms with Gasteiger partial charge in [-0.1, -0.05) is 24.6 Å². The molecule has 0 spiro atoms. The number of hydrogen-bond donors (Lipinski definition) is 1. The van der Waals surface area contributed by atoms with Gasteiger partial charge in [0, 0.05) is 12.1 Å². The van der Waals surface area contributed by atoms with Crippen LogP contribution in [-0.4, -0.2) is 36.9 Å². The Bertz CT molecular complexity index is 843. The second-order valence-electron chi connectivity index (χ2n) is 6.15. The lowest BCUT2D eigenvalue weighted by Crippen LogP contribution is -2.20. The van der Waals surface area contributed by atoms with E-state index in [4.69, 9.17) is 18.7 Å². The van der Waals surface area contributed by atoms with Crippen molar-refractivity contribution >= 4 is 23.8 Å². The number of aromatic nitrogens is 1. The van der Waals surface area contributed by atoms with Crippen LogP contribution in [0.15, 0.2) is 34.9 Å². The molecule has 0 fully saturated rings. The summed E-state index contributed by atoms with van der Waals surface area (Å²) in [5, 5.41) is 6.09. The molecule has 0 saturated heterocycles. The first-order chi connectivity index (χ1) is 14.0. The Hall–Kier alpha value is -3.29. The number of esters is 1. The first-order valence-corrected chi connectivity index (χ1v) is 9.49. The van der Waals surface area contributed by atoms with Crippen molar-refractivity contribution in [1.82, 2.24) is 5.16 Å². The molecule has 1 heterocycles. The number of benzene rings is 1. The Labute approximate surface area is 169 Å². The number of hydrogen-bond acceptors (Lipinski definition) is 7. The molecule has 2 aromatic rings. The second kappa shape index (κ2) is 11.5. The Kier molecular flexibility index (Phi) is 8.75. The molecule has 156 valence electrons. The van der Waals surface area contributed by atoms with E-state index in [0.717, 1.165) is 18.4 Å². The molecule has 0 aliphatic carbocycles. The molecule has 8 nitrogen and oxygen atoms in total. The smallest absolute Gasteiger partial charge is 0.331 e. The van der Waals surface area contributed by atoms with Crippen LogP contribution in [0.1, 0.15) is 38.0 Å². The normalized spacial score (nSPS) is 10.7. The zero-order chi connectivity index (χ0) is 21.1. The van der Waals surface area contributed by atoms with Crippen molar-refractivity contribution in [3.8, 4) is 11.5 Å². The predicted octanol–water partition coefficient (Wildman–Crippen LogP) is 3.76. The van der Waals surface area contributed by atoms with Gasteiger partial charge < -0.3 is 24.1 Å². The first kappa shape index (κ1) is 22.0. The summed E-state index contributed by atoms with van der Waals surface area (Å²) in [5.41, 5.74) is 0.746. The van der Waals surface area contributed by atoms with Crippen molar-refractivity contribution in [2.24, 2.45) is 0 Å². The summed E-state index contributed by atoms with van der Waals surface area (Å²) >= 11 is 0. The maximum absolute atomic E-state index is 11.9. The molecule has 1 N–H and O–H groups in total. The number of anilines is 1. The van der Waals surface area contributed by atoms with Crippen LogP contribution in [0.4, 0.5) is 5.82 Å². The van der Waals surface area contributed by atoms with Crippen LogP contribution in [-0.2, 0) is 14.3 Å². The molecule has 2 rings (SSSR count). The SMILES string of the molecule is CCCCOc1ccc(/C=C/C(=O)OCC(=O)Nc2cc(C)on2)cc1OCC. The number of amides is 1. The van der Waals surface area contributed by atoms with Crippen molar-refractivity contribution in [3.05, 3.63) is 41.7 Å². The molecule has 29 heavy (non-hydrogen) atoms. The van der Waals surface area contributed by atoms with Gasteiger partial charge in [0.05, 0.1) is 13.2 Å². The molecule has 0 aliphatic heterocycles. The van der Waals surface area contributed by atoms with Gasteiger partial charge in [-0.25, -0.2) is 4.79 Å². The summed E-state index contributed by atoms with van der Waals surface area (Å²) in [6.07, 6.45) is 4.84. The number of ether oxygens (including phenoxy) is 3. The lowest BCUT2D eigenvalue weighted by Gasteiger charge is -2.12. The molecular weight excluding hydrogens is 376 g/mol. The van der Waals surface area contributed by atoms with Crippen LogP contribution in [0.3, 0.4) is 0 Å². The minimum Gasteiger partial charge on any atom is -0.490 e. The molecule has 1 amide bonds. The molecule has 1 aromatic heterocycles. The number of rotatable bonds is 11. The molecule has 0 bridgehead atoms. The maximum atomic E-state index is 11.9. The van der Waals surface area contributed by atoms with Gasteiger partial charge >= 0.3 is 5.97 Å². The van der Waals surface area contributed by atoms with Crippen molar-refractivity contribution in [2.75, 3.05) is 25.1 Å². The number of unbranched alkanes of at least 4 members (excludes halogenated alkanes) is 1. The third kappa shape index (κ3) is 7.69. The summed E-state index contributed by atoms with van der Waals surface area (Å²) in [6.45, 7) is 6.38. The highest BCUT2D eigenvalue weighted by molar-refractivity contribution is 5.94. The highest BCUT2D eigenvalue weighted by atomic mass is 16.5. The van der Waals surface area contributed by atoms with Gasteiger partial charge in [-0.05, 0) is 44.0 Å². The quantitative estimate of drug-likeness (QED) is 0.347. The molecule has 0 saturated carbocycles. The molecule has 0 atom stereocenters. The van der Waals surface area contributed by atoms with Crippen molar-refractivity contribution < 1.29 is 28.3 Å². The zero-order valence-corrected chi connectivity index (χ0v) is 16.9. The Morgan fingerprint density at radius 1 is 1.17 bits per heavy atom. The van der Waals surface area contributed by atoms with Gasteiger partial charge in [0.15, 0.2) is 23.9 Å². The molecule has 1 aromatic carbocycles. The topological polar surface area (TPSA) is 99.9 Å².